The van der Waals surface area contributed by atoms with E-state index in [0.29, 0.717) is 12.8 Å². The molecule has 0 atom stereocenters. The summed E-state index contributed by atoms with van der Waals surface area (Å²) in [6, 6.07) is 5.57. The van der Waals surface area contributed by atoms with E-state index < -0.39 is 5.97 Å². The molecule has 0 unspecified atom stereocenters. The number of aliphatic carboxylic acids is 1. The van der Waals surface area contributed by atoms with Gasteiger partial charge in [-0.05, 0) is 18.6 Å². The van der Waals surface area contributed by atoms with Crippen molar-refractivity contribution in [2.24, 2.45) is 0 Å². The average Bonchev–Trinajstić information content (AvgIpc) is 2.34. The summed E-state index contributed by atoms with van der Waals surface area (Å²) in [5.74, 6) is -0.953. The van der Waals surface area contributed by atoms with E-state index in [9.17, 15) is 9.59 Å². The van der Waals surface area contributed by atoms with E-state index >= 15 is 0 Å². The summed E-state index contributed by atoms with van der Waals surface area (Å²) in [5, 5.41) is 8.50. The maximum Gasteiger partial charge on any atom is 0.305 e. The molecule has 0 aromatic carbocycles. The summed E-state index contributed by atoms with van der Waals surface area (Å²) < 4.78 is 0. The fraction of sp³-hybridized carbons (Fsp3) is 0.417. The Morgan fingerprint density at radius 1 is 1.35 bits per heavy atom. The van der Waals surface area contributed by atoms with Crippen molar-refractivity contribution in [3.05, 3.63) is 30.1 Å². The molecule has 5 heteroatoms. The van der Waals surface area contributed by atoms with Crippen LogP contribution in [0.1, 0.15) is 18.5 Å². The molecule has 0 saturated heterocycles. The predicted octanol–water partition coefficient (Wildman–Crippen LogP) is 0.947. The predicted molar refractivity (Wildman–Crippen MR) is 62.4 cm³/mol. The number of aryl methyl sites for hydroxylation is 1. The number of amides is 1. The SMILES string of the molecule is CN(CCC(=O)O)C(=O)CCc1ccccn1. The van der Waals surface area contributed by atoms with Crippen LogP contribution in [-0.4, -0.2) is 40.5 Å². The largest absolute Gasteiger partial charge is 0.481 e. The van der Waals surface area contributed by atoms with E-state index in [1.54, 1.807) is 13.2 Å². The average molecular weight is 236 g/mol. The number of nitrogens with zero attached hydrogens (tertiary/aromatic N) is 2. The Kier molecular flexibility index (Phi) is 5.13. The zero-order valence-electron chi connectivity index (χ0n) is 9.80. The molecular weight excluding hydrogens is 220 g/mol. The van der Waals surface area contributed by atoms with E-state index in [1.807, 2.05) is 18.2 Å². The number of pyridine rings is 1. The van der Waals surface area contributed by atoms with Gasteiger partial charge in [-0.2, -0.15) is 0 Å². The number of carboxylic acids is 1. The van der Waals surface area contributed by atoms with Crippen molar-refractivity contribution in [1.29, 1.82) is 0 Å². The molecule has 5 nitrogen and oxygen atoms in total. The highest BCUT2D eigenvalue weighted by Gasteiger charge is 2.10. The van der Waals surface area contributed by atoms with Crippen molar-refractivity contribution in [3.8, 4) is 0 Å². The minimum atomic E-state index is -0.894. The van der Waals surface area contributed by atoms with Crippen LogP contribution in [0.5, 0.6) is 0 Å². The smallest absolute Gasteiger partial charge is 0.305 e. The van der Waals surface area contributed by atoms with E-state index in [-0.39, 0.29) is 18.9 Å². The molecule has 0 fully saturated rings. The monoisotopic (exact) mass is 236 g/mol. The van der Waals surface area contributed by atoms with Gasteiger partial charge >= 0.3 is 5.97 Å². The fourth-order valence-corrected chi connectivity index (χ4v) is 1.36. The highest BCUT2D eigenvalue weighted by atomic mass is 16.4. The first-order valence-electron chi connectivity index (χ1n) is 5.45. The zero-order valence-corrected chi connectivity index (χ0v) is 9.80. The molecule has 0 spiro atoms. The first-order chi connectivity index (χ1) is 8.09. The summed E-state index contributed by atoms with van der Waals surface area (Å²) in [6.07, 6.45) is 2.60. The Morgan fingerprint density at radius 3 is 2.71 bits per heavy atom. The fourth-order valence-electron chi connectivity index (χ4n) is 1.36. The molecule has 0 aliphatic heterocycles. The molecule has 92 valence electrons. The van der Waals surface area contributed by atoms with Crippen molar-refractivity contribution in [2.75, 3.05) is 13.6 Å². The summed E-state index contributed by atoms with van der Waals surface area (Å²) in [5.41, 5.74) is 0.868. The van der Waals surface area contributed by atoms with Gasteiger partial charge in [0, 0.05) is 31.9 Å². The molecule has 1 rings (SSSR count). The summed E-state index contributed by atoms with van der Waals surface area (Å²) in [4.78, 5) is 27.6. The first-order valence-corrected chi connectivity index (χ1v) is 5.45. The van der Waals surface area contributed by atoms with Crippen LogP contribution in [0.2, 0.25) is 0 Å². The van der Waals surface area contributed by atoms with Crippen LogP contribution in [0.4, 0.5) is 0 Å². The molecule has 0 aliphatic rings. The summed E-state index contributed by atoms with van der Waals surface area (Å²) >= 11 is 0. The Labute approximate surface area is 100 Å². The third-order valence-corrected chi connectivity index (χ3v) is 2.41. The Morgan fingerprint density at radius 2 is 2.12 bits per heavy atom. The molecule has 1 N–H and O–H groups in total. The highest BCUT2D eigenvalue weighted by Crippen LogP contribution is 2.01. The van der Waals surface area contributed by atoms with Crippen LogP contribution in [-0.2, 0) is 16.0 Å². The first kappa shape index (κ1) is 13.2. The minimum absolute atomic E-state index is 0.0220. The number of carbonyl (C=O) groups is 2. The molecule has 1 heterocycles. The van der Waals surface area contributed by atoms with Crippen molar-refractivity contribution in [1.82, 2.24) is 9.88 Å². The molecule has 0 saturated carbocycles. The third-order valence-electron chi connectivity index (χ3n) is 2.41. The van der Waals surface area contributed by atoms with Crippen molar-refractivity contribution in [2.45, 2.75) is 19.3 Å². The van der Waals surface area contributed by atoms with Gasteiger partial charge in [0.2, 0.25) is 5.91 Å². The quantitative estimate of drug-likeness (QED) is 0.798. The van der Waals surface area contributed by atoms with Crippen molar-refractivity contribution >= 4 is 11.9 Å². The van der Waals surface area contributed by atoms with Gasteiger partial charge < -0.3 is 10.0 Å². The van der Waals surface area contributed by atoms with Gasteiger partial charge in [-0.1, -0.05) is 6.07 Å². The van der Waals surface area contributed by atoms with Crippen molar-refractivity contribution in [3.63, 3.8) is 0 Å². The lowest BCUT2D eigenvalue weighted by Crippen LogP contribution is -2.29. The number of rotatable bonds is 6. The molecule has 1 aromatic rings. The van der Waals surface area contributed by atoms with Crippen LogP contribution < -0.4 is 0 Å². The Hall–Kier alpha value is -1.91. The van der Waals surface area contributed by atoms with Gasteiger partial charge in [0.1, 0.15) is 0 Å². The molecular formula is C12H16N2O3. The van der Waals surface area contributed by atoms with Gasteiger partial charge in [0.25, 0.3) is 0 Å². The lowest BCUT2D eigenvalue weighted by Gasteiger charge is -2.15. The number of carbonyl (C=O) groups excluding carboxylic acids is 1. The van der Waals surface area contributed by atoms with Gasteiger partial charge in [0.15, 0.2) is 0 Å². The van der Waals surface area contributed by atoms with Gasteiger partial charge in [-0.25, -0.2) is 0 Å². The van der Waals surface area contributed by atoms with Crippen LogP contribution in [0.3, 0.4) is 0 Å². The Bertz CT molecular complexity index is 379. The van der Waals surface area contributed by atoms with Crippen LogP contribution in [0, 0.1) is 0 Å². The summed E-state index contributed by atoms with van der Waals surface area (Å²) in [7, 11) is 1.61. The second kappa shape index (κ2) is 6.62. The number of carboxylic acid groups (broad SMARTS) is 1. The molecule has 1 aromatic heterocycles. The lowest BCUT2D eigenvalue weighted by molar-refractivity contribution is -0.138. The topological polar surface area (TPSA) is 70.5 Å². The maximum absolute atomic E-state index is 11.6. The van der Waals surface area contributed by atoms with Crippen LogP contribution in [0.15, 0.2) is 24.4 Å². The lowest BCUT2D eigenvalue weighted by atomic mass is 10.2. The second-order valence-corrected chi connectivity index (χ2v) is 3.78. The van der Waals surface area contributed by atoms with Crippen LogP contribution in [0.25, 0.3) is 0 Å². The molecule has 0 bridgehead atoms. The van der Waals surface area contributed by atoms with Gasteiger partial charge in [-0.3, -0.25) is 14.6 Å². The Balaban J connectivity index is 2.32. The maximum atomic E-state index is 11.6. The second-order valence-electron chi connectivity index (χ2n) is 3.78. The molecule has 1 amide bonds. The van der Waals surface area contributed by atoms with E-state index in [1.165, 1.54) is 4.90 Å². The molecule has 17 heavy (non-hydrogen) atoms. The van der Waals surface area contributed by atoms with Crippen LogP contribution >= 0.6 is 0 Å². The van der Waals surface area contributed by atoms with E-state index in [2.05, 4.69) is 4.98 Å². The standard InChI is InChI=1S/C12H16N2O3/c1-14(9-7-12(16)17)11(15)6-5-10-4-2-3-8-13-10/h2-4,8H,5-7,9H2,1H3,(H,16,17). The summed E-state index contributed by atoms with van der Waals surface area (Å²) in [6.45, 7) is 0.246. The number of hydrogen-bond acceptors (Lipinski definition) is 3. The zero-order chi connectivity index (χ0) is 12.7. The van der Waals surface area contributed by atoms with Gasteiger partial charge in [-0.15, -0.1) is 0 Å². The third kappa shape index (κ3) is 5.10. The normalized spacial score (nSPS) is 9.94. The van der Waals surface area contributed by atoms with E-state index in [4.69, 9.17) is 5.11 Å². The van der Waals surface area contributed by atoms with Crippen molar-refractivity contribution < 1.29 is 14.7 Å². The van der Waals surface area contributed by atoms with Gasteiger partial charge in [0.05, 0.1) is 6.42 Å². The number of aromatic nitrogens is 1. The minimum Gasteiger partial charge on any atom is -0.481 e. The highest BCUT2D eigenvalue weighted by molar-refractivity contribution is 5.76. The number of hydrogen-bond donors (Lipinski definition) is 1. The molecule has 0 radical (unpaired) electrons. The van der Waals surface area contributed by atoms with E-state index in [0.717, 1.165) is 5.69 Å². The molecule has 0 aliphatic carbocycles.